The number of rotatable bonds is 3. The minimum atomic E-state index is -0.205. The van der Waals surface area contributed by atoms with Gasteiger partial charge in [-0.1, -0.05) is 11.6 Å². The molecule has 0 aliphatic rings. The molecule has 1 aromatic heterocycles. The van der Waals surface area contributed by atoms with Crippen LogP contribution in [0.5, 0.6) is 0 Å². The molecule has 0 aliphatic heterocycles. The molecule has 0 saturated heterocycles. The molecule has 2 rings (SSSR count). The molecule has 0 radical (unpaired) electrons. The van der Waals surface area contributed by atoms with Gasteiger partial charge < -0.3 is 11.1 Å². The largest absolute Gasteiger partial charge is 0.382 e. The van der Waals surface area contributed by atoms with E-state index in [1.807, 2.05) is 13.0 Å². The number of amides is 1. The number of halogens is 2. The van der Waals surface area contributed by atoms with Crippen LogP contribution >= 0.6 is 27.5 Å². The summed E-state index contributed by atoms with van der Waals surface area (Å²) in [5.41, 5.74) is 7.04. The van der Waals surface area contributed by atoms with E-state index in [-0.39, 0.29) is 12.5 Å². The molecule has 0 saturated carbocycles. The maximum atomic E-state index is 11.9. The number of hydrogen-bond donors (Lipinski definition) is 2. The summed E-state index contributed by atoms with van der Waals surface area (Å²) in [6.07, 6.45) is 1.64. The van der Waals surface area contributed by atoms with E-state index in [1.54, 1.807) is 18.3 Å². The van der Waals surface area contributed by atoms with Crippen molar-refractivity contribution in [3.8, 4) is 0 Å². The minimum Gasteiger partial charge on any atom is -0.382 e. The summed E-state index contributed by atoms with van der Waals surface area (Å²) < 4.78 is 2.25. The van der Waals surface area contributed by atoms with Crippen LogP contribution in [0.2, 0.25) is 5.02 Å². The molecule has 3 N–H and O–H groups in total. The molecule has 19 heavy (non-hydrogen) atoms. The number of nitrogens with zero attached hydrogens (tertiary/aromatic N) is 2. The van der Waals surface area contributed by atoms with Gasteiger partial charge in [0.25, 0.3) is 0 Å². The molecule has 0 atom stereocenters. The van der Waals surface area contributed by atoms with E-state index in [0.717, 1.165) is 10.0 Å². The van der Waals surface area contributed by atoms with Gasteiger partial charge in [0.15, 0.2) is 0 Å². The number of aryl methyl sites for hydroxylation is 1. The molecule has 0 unspecified atom stereocenters. The van der Waals surface area contributed by atoms with Gasteiger partial charge in [0.05, 0.1) is 5.69 Å². The van der Waals surface area contributed by atoms with Gasteiger partial charge >= 0.3 is 0 Å². The summed E-state index contributed by atoms with van der Waals surface area (Å²) in [7, 11) is 0. The Balaban J connectivity index is 2.09. The number of anilines is 2. The highest BCUT2D eigenvalue weighted by Gasteiger charge is 2.09. The SMILES string of the molecule is Cc1cc(Br)c(NC(=O)Cn2ccc(N)n2)cc1Cl. The summed E-state index contributed by atoms with van der Waals surface area (Å²) in [6, 6.07) is 5.19. The fourth-order valence-corrected chi connectivity index (χ4v) is 2.27. The van der Waals surface area contributed by atoms with Crippen LogP contribution in [-0.4, -0.2) is 15.7 Å². The van der Waals surface area contributed by atoms with Gasteiger partial charge in [-0.2, -0.15) is 5.10 Å². The lowest BCUT2D eigenvalue weighted by molar-refractivity contribution is -0.116. The highest BCUT2D eigenvalue weighted by atomic mass is 79.9. The van der Waals surface area contributed by atoms with Crippen LogP contribution < -0.4 is 11.1 Å². The van der Waals surface area contributed by atoms with Gasteiger partial charge in [0.2, 0.25) is 5.91 Å². The molecule has 0 bridgehead atoms. The average Bonchev–Trinajstić information content (AvgIpc) is 2.71. The Morgan fingerprint density at radius 2 is 2.32 bits per heavy atom. The third-order valence-corrected chi connectivity index (χ3v) is 3.55. The quantitative estimate of drug-likeness (QED) is 0.900. The Kier molecular flexibility index (Phi) is 4.11. The fourth-order valence-electron chi connectivity index (χ4n) is 1.54. The lowest BCUT2D eigenvalue weighted by Gasteiger charge is -2.09. The number of benzene rings is 1. The molecule has 7 heteroatoms. The van der Waals surface area contributed by atoms with Gasteiger partial charge in [-0.25, -0.2) is 0 Å². The van der Waals surface area contributed by atoms with Crippen LogP contribution in [0, 0.1) is 6.92 Å². The Hall–Kier alpha value is -1.53. The van der Waals surface area contributed by atoms with E-state index in [4.69, 9.17) is 17.3 Å². The van der Waals surface area contributed by atoms with Crippen molar-refractivity contribution < 1.29 is 4.79 Å². The number of nitrogen functional groups attached to an aromatic ring is 1. The zero-order chi connectivity index (χ0) is 14.0. The normalized spacial score (nSPS) is 10.5. The monoisotopic (exact) mass is 342 g/mol. The van der Waals surface area contributed by atoms with Crippen LogP contribution in [0.4, 0.5) is 11.5 Å². The van der Waals surface area contributed by atoms with Crippen molar-refractivity contribution in [3.05, 3.63) is 39.5 Å². The first-order valence-corrected chi connectivity index (χ1v) is 6.67. The molecule has 1 aromatic carbocycles. The van der Waals surface area contributed by atoms with Gasteiger partial charge in [-0.15, -0.1) is 0 Å². The van der Waals surface area contributed by atoms with E-state index >= 15 is 0 Å². The zero-order valence-electron chi connectivity index (χ0n) is 10.2. The number of aromatic nitrogens is 2. The number of nitrogens with two attached hydrogens (primary N) is 1. The first-order valence-electron chi connectivity index (χ1n) is 5.50. The van der Waals surface area contributed by atoms with Crippen LogP contribution in [0.3, 0.4) is 0 Å². The van der Waals surface area contributed by atoms with E-state index in [0.29, 0.717) is 16.5 Å². The Bertz CT molecular complexity index is 626. The first-order chi connectivity index (χ1) is 8.95. The lowest BCUT2D eigenvalue weighted by Crippen LogP contribution is -2.19. The Labute approximate surface area is 123 Å². The molecular weight excluding hydrogens is 332 g/mol. The smallest absolute Gasteiger partial charge is 0.246 e. The fraction of sp³-hybridized carbons (Fsp3) is 0.167. The van der Waals surface area contributed by atoms with Crippen molar-refractivity contribution in [1.82, 2.24) is 9.78 Å². The maximum Gasteiger partial charge on any atom is 0.246 e. The molecule has 2 aromatic rings. The van der Waals surface area contributed by atoms with Crippen LogP contribution in [0.25, 0.3) is 0 Å². The highest BCUT2D eigenvalue weighted by Crippen LogP contribution is 2.29. The average molecular weight is 344 g/mol. The second kappa shape index (κ2) is 5.63. The summed E-state index contributed by atoms with van der Waals surface area (Å²) in [5, 5.41) is 7.31. The van der Waals surface area contributed by atoms with Crippen molar-refractivity contribution in [1.29, 1.82) is 0 Å². The summed E-state index contributed by atoms with van der Waals surface area (Å²) in [5.74, 6) is 0.177. The molecule has 5 nitrogen and oxygen atoms in total. The molecule has 1 amide bonds. The Morgan fingerprint density at radius 3 is 2.95 bits per heavy atom. The van der Waals surface area contributed by atoms with Gasteiger partial charge in [0, 0.05) is 15.7 Å². The summed E-state index contributed by atoms with van der Waals surface area (Å²) in [6.45, 7) is 1.99. The van der Waals surface area contributed by atoms with E-state index < -0.39 is 0 Å². The predicted molar refractivity (Wildman–Crippen MR) is 79.2 cm³/mol. The van der Waals surface area contributed by atoms with E-state index in [9.17, 15) is 4.79 Å². The van der Waals surface area contributed by atoms with Crippen molar-refractivity contribution in [2.75, 3.05) is 11.1 Å². The second-order valence-electron chi connectivity index (χ2n) is 4.07. The lowest BCUT2D eigenvalue weighted by atomic mass is 10.2. The molecule has 0 spiro atoms. The predicted octanol–water partition coefficient (Wildman–Crippen LogP) is 2.83. The van der Waals surface area contributed by atoms with Crippen LogP contribution in [0.1, 0.15) is 5.56 Å². The molecule has 0 fully saturated rings. The summed E-state index contributed by atoms with van der Waals surface area (Å²) in [4.78, 5) is 11.9. The molecule has 100 valence electrons. The Morgan fingerprint density at radius 1 is 1.58 bits per heavy atom. The van der Waals surface area contributed by atoms with Gasteiger partial charge in [-0.3, -0.25) is 9.48 Å². The minimum absolute atomic E-state index is 0.0924. The van der Waals surface area contributed by atoms with Crippen molar-refractivity contribution in [3.63, 3.8) is 0 Å². The second-order valence-corrected chi connectivity index (χ2v) is 5.33. The number of hydrogen-bond acceptors (Lipinski definition) is 3. The van der Waals surface area contributed by atoms with Gasteiger partial charge in [0.1, 0.15) is 12.4 Å². The maximum absolute atomic E-state index is 11.9. The number of carbonyl (C=O) groups is 1. The van der Waals surface area contributed by atoms with Crippen molar-refractivity contribution in [2.24, 2.45) is 0 Å². The number of nitrogens with one attached hydrogen (secondary N) is 1. The third-order valence-electron chi connectivity index (χ3n) is 2.49. The zero-order valence-corrected chi connectivity index (χ0v) is 12.5. The third kappa shape index (κ3) is 3.48. The van der Waals surface area contributed by atoms with Crippen molar-refractivity contribution >= 4 is 44.9 Å². The summed E-state index contributed by atoms with van der Waals surface area (Å²) >= 11 is 9.41. The topological polar surface area (TPSA) is 72.9 Å². The number of carbonyl (C=O) groups excluding carboxylic acids is 1. The molecule has 1 heterocycles. The van der Waals surface area contributed by atoms with Crippen LogP contribution in [-0.2, 0) is 11.3 Å². The molecule has 0 aliphatic carbocycles. The first kappa shape index (κ1) is 13.9. The van der Waals surface area contributed by atoms with E-state index in [2.05, 4.69) is 26.3 Å². The van der Waals surface area contributed by atoms with Gasteiger partial charge in [-0.05, 0) is 46.6 Å². The van der Waals surface area contributed by atoms with E-state index in [1.165, 1.54) is 4.68 Å². The standard InChI is InChI=1S/C12H12BrClN4O/c1-7-4-8(13)10(5-9(7)14)16-12(19)6-18-3-2-11(15)17-18/h2-5H,6H2,1H3,(H2,15,17)(H,16,19). The molecular formula is C12H12BrClN4O. The highest BCUT2D eigenvalue weighted by molar-refractivity contribution is 9.10. The van der Waals surface area contributed by atoms with Crippen LogP contribution in [0.15, 0.2) is 28.9 Å². The van der Waals surface area contributed by atoms with Crippen molar-refractivity contribution in [2.45, 2.75) is 13.5 Å².